The van der Waals surface area contributed by atoms with Crippen LogP contribution in [0.1, 0.15) is 31.9 Å². The number of halogens is 1. The molecule has 1 saturated heterocycles. The van der Waals surface area contributed by atoms with Crippen LogP contribution < -0.4 is 10.6 Å². The van der Waals surface area contributed by atoms with Gasteiger partial charge in [0.2, 0.25) is 0 Å². The summed E-state index contributed by atoms with van der Waals surface area (Å²) < 4.78 is 13.9. The molecule has 0 bridgehead atoms. The fourth-order valence-electron chi connectivity index (χ4n) is 2.37. The molecule has 2 rings (SSSR count). The second-order valence-electron chi connectivity index (χ2n) is 5.13. The third-order valence-electron chi connectivity index (χ3n) is 3.28. The van der Waals surface area contributed by atoms with Crippen molar-refractivity contribution < 1.29 is 9.50 Å². The van der Waals surface area contributed by atoms with Crippen molar-refractivity contribution in [1.82, 2.24) is 0 Å². The SMILES string of the molecule is CC(N)c1cccc(F)c1N1CCC(C)(O)C1. The van der Waals surface area contributed by atoms with E-state index >= 15 is 0 Å². The second-order valence-corrected chi connectivity index (χ2v) is 5.13. The van der Waals surface area contributed by atoms with Gasteiger partial charge in [0.15, 0.2) is 0 Å². The molecule has 3 N–H and O–H groups in total. The standard InChI is InChI=1S/C13H19FN2O/c1-9(15)10-4-3-5-11(14)12(10)16-7-6-13(2,17)8-16/h3-5,9,17H,6-8,15H2,1-2H3. The summed E-state index contributed by atoms with van der Waals surface area (Å²) in [7, 11) is 0. The maximum Gasteiger partial charge on any atom is 0.146 e. The van der Waals surface area contributed by atoms with Crippen LogP contribution >= 0.6 is 0 Å². The number of aliphatic hydroxyl groups is 1. The molecule has 0 radical (unpaired) electrons. The van der Waals surface area contributed by atoms with E-state index in [0.29, 0.717) is 25.2 Å². The van der Waals surface area contributed by atoms with E-state index < -0.39 is 5.60 Å². The lowest BCUT2D eigenvalue weighted by Crippen LogP contribution is -2.31. The second kappa shape index (κ2) is 4.27. The Labute approximate surface area is 101 Å². The van der Waals surface area contributed by atoms with E-state index in [9.17, 15) is 9.50 Å². The van der Waals surface area contributed by atoms with Gasteiger partial charge in [0.1, 0.15) is 5.82 Å². The van der Waals surface area contributed by atoms with Crippen LogP contribution in [0, 0.1) is 5.82 Å². The molecule has 3 nitrogen and oxygen atoms in total. The average Bonchev–Trinajstić information content (AvgIpc) is 2.58. The maximum absolute atomic E-state index is 13.9. The highest BCUT2D eigenvalue weighted by Crippen LogP contribution is 2.33. The molecule has 0 spiro atoms. The smallest absolute Gasteiger partial charge is 0.146 e. The van der Waals surface area contributed by atoms with Crippen LogP contribution in [0.5, 0.6) is 0 Å². The number of β-amino-alcohol motifs (C(OH)–C–C–N with tert-alkyl or cyclic N) is 1. The van der Waals surface area contributed by atoms with Crippen molar-refractivity contribution in [2.24, 2.45) is 5.73 Å². The quantitative estimate of drug-likeness (QED) is 0.826. The Morgan fingerprint density at radius 2 is 2.24 bits per heavy atom. The van der Waals surface area contributed by atoms with Crippen molar-refractivity contribution in [1.29, 1.82) is 0 Å². The van der Waals surface area contributed by atoms with Crippen molar-refractivity contribution >= 4 is 5.69 Å². The van der Waals surface area contributed by atoms with Crippen LogP contribution in [-0.2, 0) is 0 Å². The Kier molecular flexibility index (Phi) is 3.10. The minimum atomic E-state index is -0.739. The summed E-state index contributed by atoms with van der Waals surface area (Å²) >= 11 is 0. The molecule has 1 aromatic rings. The Morgan fingerprint density at radius 1 is 1.53 bits per heavy atom. The highest BCUT2D eigenvalue weighted by atomic mass is 19.1. The Morgan fingerprint density at radius 3 is 2.76 bits per heavy atom. The largest absolute Gasteiger partial charge is 0.388 e. The number of para-hydroxylation sites is 1. The van der Waals surface area contributed by atoms with Gasteiger partial charge in [-0.2, -0.15) is 0 Å². The lowest BCUT2D eigenvalue weighted by atomic mass is 10.1. The Bertz CT molecular complexity index is 418. The monoisotopic (exact) mass is 238 g/mol. The minimum absolute atomic E-state index is 0.216. The molecule has 0 saturated carbocycles. The zero-order valence-corrected chi connectivity index (χ0v) is 10.3. The lowest BCUT2D eigenvalue weighted by Gasteiger charge is -2.25. The van der Waals surface area contributed by atoms with Gasteiger partial charge in [-0.15, -0.1) is 0 Å². The molecule has 0 aliphatic carbocycles. The van der Waals surface area contributed by atoms with Crippen molar-refractivity contribution in [2.45, 2.75) is 31.9 Å². The topological polar surface area (TPSA) is 49.5 Å². The first-order valence-corrected chi connectivity index (χ1v) is 5.92. The van der Waals surface area contributed by atoms with Crippen LogP contribution in [0.2, 0.25) is 0 Å². The van der Waals surface area contributed by atoms with E-state index in [0.717, 1.165) is 5.56 Å². The summed E-state index contributed by atoms with van der Waals surface area (Å²) in [5.74, 6) is -0.266. The minimum Gasteiger partial charge on any atom is -0.388 e. The zero-order chi connectivity index (χ0) is 12.6. The van der Waals surface area contributed by atoms with E-state index in [1.165, 1.54) is 6.07 Å². The van der Waals surface area contributed by atoms with Gasteiger partial charge < -0.3 is 15.7 Å². The van der Waals surface area contributed by atoms with Gasteiger partial charge in [0.25, 0.3) is 0 Å². The van der Waals surface area contributed by atoms with Crippen LogP contribution in [-0.4, -0.2) is 23.8 Å². The van der Waals surface area contributed by atoms with Gasteiger partial charge in [0.05, 0.1) is 11.3 Å². The molecule has 1 aromatic carbocycles. The molecule has 1 aliphatic rings. The van der Waals surface area contributed by atoms with Crippen LogP contribution in [0.15, 0.2) is 18.2 Å². The van der Waals surface area contributed by atoms with Gasteiger partial charge >= 0.3 is 0 Å². The lowest BCUT2D eigenvalue weighted by molar-refractivity contribution is 0.0839. The molecule has 2 atom stereocenters. The molecule has 1 fully saturated rings. The first-order chi connectivity index (χ1) is 7.91. The number of anilines is 1. The molecule has 94 valence electrons. The molecule has 0 aromatic heterocycles. The van der Waals surface area contributed by atoms with Gasteiger partial charge in [0, 0.05) is 19.1 Å². The van der Waals surface area contributed by atoms with E-state index in [4.69, 9.17) is 5.73 Å². The summed E-state index contributed by atoms with van der Waals surface area (Å²) in [5.41, 5.74) is 6.46. The number of hydrogen-bond donors (Lipinski definition) is 2. The summed E-state index contributed by atoms with van der Waals surface area (Å²) in [4.78, 5) is 1.88. The summed E-state index contributed by atoms with van der Waals surface area (Å²) in [6.45, 7) is 4.73. The van der Waals surface area contributed by atoms with Crippen molar-refractivity contribution in [3.63, 3.8) is 0 Å². The van der Waals surface area contributed by atoms with Gasteiger partial charge in [-0.25, -0.2) is 4.39 Å². The number of benzene rings is 1. The first kappa shape index (κ1) is 12.3. The predicted molar refractivity (Wildman–Crippen MR) is 66.5 cm³/mol. The normalized spacial score (nSPS) is 26.3. The van der Waals surface area contributed by atoms with Gasteiger partial charge in [-0.1, -0.05) is 12.1 Å². The van der Waals surface area contributed by atoms with Crippen molar-refractivity contribution in [3.8, 4) is 0 Å². The third kappa shape index (κ3) is 2.42. The highest BCUT2D eigenvalue weighted by Gasteiger charge is 2.33. The van der Waals surface area contributed by atoms with E-state index in [-0.39, 0.29) is 11.9 Å². The first-order valence-electron chi connectivity index (χ1n) is 5.92. The Balaban J connectivity index is 2.38. The predicted octanol–water partition coefficient (Wildman–Crippen LogP) is 1.81. The third-order valence-corrected chi connectivity index (χ3v) is 3.28. The average molecular weight is 238 g/mol. The molecular formula is C13H19FN2O. The fourth-order valence-corrected chi connectivity index (χ4v) is 2.37. The highest BCUT2D eigenvalue weighted by molar-refractivity contribution is 5.57. The molecule has 1 heterocycles. The van der Waals surface area contributed by atoms with Crippen molar-refractivity contribution in [3.05, 3.63) is 29.6 Å². The summed E-state index contributed by atoms with van der Waals surface area (Å²) in [6, 6.07) is 4.74. The van der Waals surface area contributed by atoms with E-state index in [1.54, 1.807) is 13.0 Å². The molecule has 0 amide bonds. The number of hydrogen-bond acceptors (Lipinski definition) is 3. The molecular weight excluding hydrogens is 219 g/mol. The van der Waals surface area contributed by atoms with Crippen LogP contribution in [0.3, 0.4) is 0 Å². The summed E-state index contributed by atoms with van der Waals surface area (Å²) in [6.07, 6.45) is 0.653. The van der Waals surface area contributed by atoms with Crippen LogP contribution in [0.25, 0.3) is 0 Å². The number of rotatable bonds is 2. The molecule has 4 heteroatoms. The maximum atomic E-state index is 13.9. The number of nitrogens with two attached hydrogens (primary N) is 1. The summed E-state index contributed by atoms with van der Waals surface area (Å²) in [5, 5.41) is 9.95. The zero-order valence-electron chi connectivity index (χ0n) is 10.3. The fraction of sp³-hybridized carbons (Fsp3) is 0.538. The van der Waals surface area contributed by atoms with E-state index in [1.807, 2.05) is 17.9 Å². The van der Waals surface area contributed by atoms with Crippen molar-refractivity contribution in [2.75, 3.05) is 18.0 Å². The molecule has 2 unspecified atom stereocenters. The van der Waals surface area contributed by atoms with E-state index in [2.05, 4.69) is 0 Å². The van der Waals surface area contributed by atoms with Gasteiger partial charge in [-0.05, 0) is 31.9 Å². The molecule has 17 heavy (non-hydrogen) atoms. The molecule has 1 aliphatic heterocycles. The van der Waals surface area contributed by atoms with Gasteiger partial charge in [-0.3, -0.25) is 0 Å². The number of nitrogens with zero attached hydrogens (tertiary/aromatic N) is 1. The Hall–Kier alpha value is -1.13. The van der Waals surface area contributed by atoms with Crippen LogP contribution in [0.4, 0.5) is 10.1 Å².